The molecule has 0 aliphatic carbocycles. The number of nitrogens with two attached hydrogens (primary N) is 1. The molecule has 0 saturated heterocycles. The highest BCUT2D eigenvalue weighted by molar-refractivity contribution is 9.10. The van der Waals surface area contributed by atoms with Crippen molar-refractivity contribution in [1.29, 1.82) is 0 Å². The molecule has 2 N–H and O–H groups in total. The molecule has 92 valence electrons. The zero-order chi connectivity index (χ0) is 12.6. The van der Waals surface area contributed by atoms with Crippen molar-refractivity contribution in [2.45, 2.75) is 26.8 Å². The number of hydrogen-bond acceptors (Lipinski definition) is 2. The smallest absolute Gasteiger partial charge is 0.201 e. The van der Waals surface area contributed by atoms with Gasteiger partial charge in [0.2, 0.25) is 5.95 Å². The zero-order valence-electron chi connectivity index (χ0n) is 9.87. The molecular weight excluding hydrogens is 285 g/mol. The van der Waals surface area contributed by atoms with Gasteiger partial charge in [-0.25, -0.2) is 9.37 Å². The normalized spacial score (nSPS) is 13.2. The molecule has 2 rings (SSSR count). The third-order valence-corrected chi connectivity index (χ3v) is 3.62. The van der Waals surface area contributed by atoms with Gasteiger partial charge in [-0.1, -0.05) is 20.3 Å². The van der Waals surface area contributed by atoms with E-state index in [1.54, 1.807) is 6.07 Å². The van der Waals surface area contributed by atoms with Crippen LogP contribution in [0.2, 0.25) is 0 Å². The van der Waals surface area contributed by atoms with E-state index in [2.05, 4.69) is 34.8 Å². The molecule has 1 heterocycles. The fraction of sp³-hybridized carbons (Fsp3) is 0.417. The van der Waals surface area contributed by atoms with E-state index in [0.717, 1.165) is 24.0 Å². The molecule has 1 aromatic heterocycles. The van der Waals surface area contributed by atoms with Crippen LogP contribution in [0, 0.1) is 11.7 Å². The number of nitrogens with zero attached hydrogens (tertiary/aromatic N) is 2. The van der Waals surface area contributed by atoms with Crippen LogP contribution in [0.15, 0.2) is 16.6 Å². The molecule has 0 bridgehead atoms. The first-order valence-electron chi connectivity index (χ1n) is 5.63. The van der Waals surface area contributed by atoms with Gasteiger partial charge in [0.1, 0.15) is 5.82 Å². The molecule has 0 aliphatic heterocycles. The summed E-state index contributed by atoms with van der Waals surface area (Å²) in [6, 6.07) is 3.14. The molecule has 2 aromatic rings. The topological polar surface area (TPSA) is 43.8 Å². The number of fused-ring (bicyclic) bond motifs is 1. The van der Waals surface area contributed by atoms with Gasteiger partial charge in [-0.15, -0.1) is 0 Å². The van der Waals surface area contributed by atoms with E-state index < -0.39 is 0 Å². The lowest BCUT2D eigenvalue weighted by molar-refractivity contribution is 0.479. The van der Waals surface area contributed by atoms with E-state index in [0.29, 0.717) is 16.3 Å². The van der Waals surface area contributed by atoms with Gasteiger partial charge >= 0.3 is 0 Å². The lowest BCUT2D eigenvalue weighted by Gasteiger charge is -2.11. The third kappa shape index (κ3) is 2.29. The van der Waals surface area contributed by atoms with Gasteiger partial charge in [0.15, 0.2) is 0 Å². The van der Waals surface area contributed by atoms with Crippen LogP contribution in [0.1, 0.15) is 20.3 Å². The summed E-state index contributed by atoms with van der Waals surface area (Å²) in [4.78, 5) is 4.25. The van der Waals surface area contributed by atoms with Crippen molar-refractivity contribution < 1.29 is 4.39 Å². The van der Waals surface area contributed by atoms with Crippen molar-refractivity contribution in [2.75, 3.05) is 5.73 Å². The van der Waals surface area contributed by atoms with Crippen LogP contribution < -0.4 is 5.73 Å². The van der Waals surface area contributed by atoms with E-state index in [1.165, 1.54) is 6.07 Å². The molecule has 0 amide bonds. The van der Waals surface area contributed by atoms with Crippen LogP contribution >= 0.6 is 15.9 Å². The van der Waals surface area contributed by atoms with Gasteiger partial charge in [0.25, 0.3) is 0 Å². The maximum Gasteiger partial charge on any atom is 0.201 e. The Morgan fingerprint density at radius 1 is 1.53 bits per heavy atom. The van der Waals surface area contributed by atoms with E-state index in [4.69, 9.17) is 5.73 Å². The van der Waals surface area contributed by atoms with Gasteiger partial charge in [0.05, 0.1) is 15.5 Å². The van der Waals surface area contributed by atoms with Crippen molar-refractivity contribution in [1.82, 2.24) is 9.55 Å². The first-order chi connectivity index (χ1) is 8.02. The highest BCUT2D eigenvalue weighted by Gasteiger charge is 2.13. The predicted molar refractivity (Wildman–Crippen MR) is 71.3 cm³/mol. The largest absolute Gasteiger partial charge is 0.369 e. The quantitative estimate of drug-likeness (QED) is 0.941. The lowest BCUT2D eigenvalue weighted by atomic mass is 10.1. The number of nitrogen functional groups attached to an aromatic ring is 1. The van der Waals surface area contributed by atoms with E-state index >= 15 is 0 Å². The Morgan fingerprint density at radius 2 is 2.24 bits per heavy atom. The Labute approximate surface area is 108 Å². The van der Waals surface area contributed by atoms with Crippen LogP contribution in [-0.2, 0) is 6.54 Å². The molecule has 0 spiro atoms. The number of rotatable bonds is 3. The number of benzene rings is 1. The van der Waals surface area contributed by atoms with Crippen molar-refractivity contribution in [3.8, 4) is 0 Å². The molecule has 1 unspecified atom stereocenters. The Morgan fingerprint density at radius 3 is 2.88 bits per heavy atom. The SMILES string of the molecule is CCC(C)Cn1c(N)nc2cc(Br)c(F)cc21. The zero-order valence-corrected chi connectivity index (χ0v) is 11.5. The molecule has 0 aliphatic rings. The van der Waals surface area contributed by atoms with Crippen molar-refractivity contribution in [3.05, 3.63) is 22.4 Å². The second kappa shape index (κ2) is 4.64. The molecule has 17 heavy (non-hydrogen) atoms. The molecule has 1 aromatic carbocycles. The first-order valence-corrected chi connectivity index (χ1v) is 6.43. The van der Waals surface area contributed by atoms with Crippen molar-refractivity contribution in [2.24, 2.45) is 5.92 Å². The fourth-order valence-electron chi connectivity index (χ4n) is 1.77. The lowest BCUT2D eigenvalue weighted by Crippen LogP contribution is -2.09. The van der Waals surface area contributed by atoms with Crippen LogP contribution in [0.25, 0.3) is 11.0 Å². The fourth-order valence-corrected chi connectivity index (χ4v) is 2.10. The number of aromatic nitrogens is 2. The Balaban J connectivity index is 2.54. The summed E-state index contributed by atoms with van der Waals surface area (Å²) in [5.41, 5.74) is 7.35. The molecule has 0 saturated carbocycles. The summed E-state index contributed by atoms with van der Waals surface area (Å²) < 4.78 is 15.8. The first kappa shape index (κ1) is 12.4. The van der Waals surface area contributed by atoms with Crippen molar-refractivity contribution in [3.63, 3.8) is 0 Å². The molecule has 0 fully saturated rings. The standard InChI is InChI=1S/C12H15BrFN3/c1-3-7(2)6-17-11-5-9(14)8(13)4-10(11)16-12(17)15/h4-5,7H,3,6H2,1-2H3,(H2,15,16). The second-order valence-corrected chi connectivity index (χ2v) is 5.20. The van der Waals surface area contributed by atoms with Crippen LogP contribution in [0.5, 0.6) is 0 Å². The second-order valence-electron chi connectivity index (χ2n) is 4.35. The summed E-state index contributed by atoms with van der Waals surface area (Å²) in [5, 5.41) is 0. The van der Waals surface area contributed by atoms with Gasteiger partial charge < -0.3 is 10.3 Å². The van der Waals surface area contributed by atoms with Gasteiger partial charge in [-0.2, -0.15) is 0 Å². The number of imidazole rings is 1. The third-order valence-electron chi connectivity index (χ3n) is 3.01. The Bertz CT molecular complexity index is 550. The van der Waals surface area contributed by atoms with Crippen LogP contribution in [0.3, 0.4) is 0 Å². The van der Waals surface area contributed by atoms with Crippen LogP contribution in [-0.4, -0.2) is 9.55 Å². The summed E-state index contributed by atoms with van der Waals surface area (Å²) in [5.74, 6) is 0.641. The molecule has 5 heteroatoms. The van der Waals surface area contributed by atoms with Gasteiger partial charge in [0, 0.05) is 12.6 Å². The van der Waals surface area contributed by atoms with E-state index in [9.17, 15) is 4.39 Å². The molecule has 0 radical (unpaired) electrons. The molecule has 1 atom stereocenters. The summed E-state index contributed by atoms with van der Waals surface area (Å²) in [6.45, 7) is 5.03. The van der Waals surface area contributed by atoms with Crippen molar-refractivity contribution >= 4 is 32.9 Å². The summed E-state index contributed by atoms with van der Waals surface area (Å²) >= 11 is 3.15. The number of halogens is 2. The average Bonchev–Trinajstić information content (AvgIpc) is 2.56. The minimum Gasteiger partial charge on any atom is -0.369 e. The highest BCUT2D eigenvalue weighted by atomic mass is 79.9. The average molecular weight is 300 g/mol. The van der Waals surface area contributed by atoms with Crippen LogP contribution in [0.4, 0.5) is 10.3 Å². The van der Waals surface area contributed by atoms with Gasteiger partial charge in [-0.3, -0.25) is 0 Å². The van der Waals surface area contributed by atoms with Gasteiger partial charge in [-0.05, 0) is 27.9 Å². The minimum absolute atomic E-state index is 0.289. The number of hydrogen-bond donors (Lipinski definition) is 1. The summed E-state index contributed by atoms with van der Waals surface area (Å²) in [6.07, 6.45) is 1.05. The molecule has 3 nitrogen and oxygen atoms in total. The monoisotopic (exact) mass is 299 g/mol. The maximum atomic E-state index is 13.5. The highest BCUT2D eigenvalue weighted by Crippen LogP contribution is 2.26. The Kier molecular flexibility index (Phi) is 3.38. The Hall–Kier alpha value is -1.10. The maximum absolute atomic E-state index is 13.5. The molecular formula is C12H15BrFN3. The van der Waals surface area contributed by atoms with E-state index in [1.807, 2.05) is 4.57 Å². The predicted octanol–water partition coefficient (Wildman–Crippen LogP) is 3.57. The minimum atomic E-state index is -0.289. The summed E-state index contributed by atoms with van der Waals surface area (Å²) in [7, 11) is 0. The van der Waals surface area contributed by atoms with E-state index in [-0.39, 0.29) is 5.82 Å². The number of anilines is 1.